The van der Waals surface area contributed by atoms with E-state index in [0.717, 1.165) is 19.4 Å². The van der Waals surface area contributed by atoms with Gasteiger partial charge in [0.25, 0.3) is 0 Å². The lowest BCUT2D eigenvalue weighted by Gasteiger charge is -2.25. The van der Waals surface area contributed by atoms with Gasteiger partial charge in [0.2, 0.25) is 5.91 Å². The normalized spacial score (nSPS) is 11.5. The van der Waals surface area contributed by atoms with E-state index in [1.807, 2.05) is 0 Å². The number of amides is 1. The summed E-state index contributed by atoms with van der Waals surface area (Å²) in [5.74, 6) is 1.96. The number of hydrogen-bond acceptors (Lipinski definition) is 2. The lowest BCUT2D eigenvalue weighted by molar-refractivity contribution is -0.121. The zero-order valence-corrected chi connectivity index (χ0v) is 11.3. The maximum Gasteiger partial charge on any atom is 0.220 e. The lowest BCUT2D eigenvalue weighted by Crippen LogP contribution is -2.33. The van der Waals surface area contributed by atoms with Gasteiger partial charge in [-0.25, -0.2) is 0 Å². The van der Waals surface area contributed by atoms with Crippen molar-refractivity contribution in [2.24, 2.45) is 23.5 Å². The first-order valence-corrected chi connectivity index (χ1v) is 6.45. The summed E-state index contributed by atoms with van der Waals surface area (Å²) in [7, 11) is 0. The van der Waals surface area contributed by atoms with Gasteiger partial charge < -0.3 is 11.1 Å². The number of unbranched alkanes of at least 4 members (excludes halogenated alkanes) is 1. The number of nitrogens with one attached hydrogen (secondary N) is 1. The largest absolute Gasteiger partial charge is 0.356 e. The molecule has 0 heterocycles. The average molecular weight is 228 g/mol. The predicted octanol–water partition coefficient (Wildman–Crippen LogP) is 2.16. The first-order chi connectivity index (χ1) is 7.49. The van der Waals surface area contributed by atoms with Crippen molar-refractivity contribution in [1.29, 1.82) is 0 Å². The molecule has 0 spiro atoms. The molecule has 0 radical (unpaired) electrons. The predicted molar refractivity (Wildman–Crippen MR) is 69.1 cm³/mol. The average Bonchev–Trinajstić information content (AvgIpc) is 2.17. The summed E-state index contributed by atoms with van der Waals surface area (Å²) in [6, 6.07) is 0. The molecule has 0 unspecified atom stereocenters. The summed E-state index contributed by atoms with van der Waals surface area (Å²) in [5, 5.41) is 3.02. The second kappa shape index (κ2) is 8.57. The maximum absolute atomic E-state index is 11.5. The molecule has 1 amide bonds. The Morgan fingerprint density at radius 2 is 1.69 bits per heavy atom. The molecule has 3 N–H and O–H groups in total. The topological polar surface area (TPSA) is 55.1 Å². The third kappa shape index (κ3) is 6.83. The van der Waals surface area contributed by atoms with Crippen LogP contribution in [0.15, 0.2) is 0 Å². The van der Waals surface area contributed by atoms with Gasteiger partial charge in [0.1, 0.15) is 0 Å². The highest BCUT2D eigenvalue weighted by Crippen LogP contribution is 2.19. The van der Waals surface area contributed by atoms with Crippen LogP contribution in [0.4, 0.5) is 0 Å². The Kier molecular flexibility index (Phi) is 8.26. The molecule has 0 aliphatic heterocycles. The summed E-state index contributed by atoms with van der Waals surface area (Å²) in [4.78, 5) is 11.5. The highest BCUT2D eigenvalue weighted by atomic mass is 16.1. The van der Waals surface area contributed by atoms with Crippen LogP contribution in [0, 0.1) is 17.8 Å². The Bertz CT molecular complexity index is 182. The fourth-order valence-electron chi connectivity index (χ4n) is 1.99. The van der Waals surface area contributed by atoms with E-state index in [2.05, 4.69) is 33.0 Å². The van der Waals surface area contributed by atoms with Crippen LogP contribution in [-0.4, -0.2) is 19.0 Å². The molecule has 0 bridgehead atoms. The van der Waals surface area contributed by atoms with Gasteiger partial charge in [-0.2, -0.15) is 0 Å². The number of nitrogens with two attached hydrogens (primary N) is 1. The molecule has 0 rings (SSSR count). The van der Waals surface area contributed by atoms with Crippen LogP contribution in [0.25, 0.3) is 0 Å². The van der Waals surface area contributed by atoms with Crippen molar-refractivity contribution in [2.75, 3.05) is 13.1 Å². The van der Waals surface area contributed by atoms with E-state index in [1.165, 1.54) is 0 Å². The first-order valence-electron chi connectivity index (χ1n) is 6.45. The molecular formula is C13H28N2O. The fourth-order valence-corrected chi connectivity index (χ4v) is 1.99. The van der Waals surface area contributed by atoms with Crippen molar-refractivity contribution in [1.82, 2.24) is 5.32 Å². The standard InChI is InChI=1S/C13H28N2O/c1-10(2)12(11(3)4)9-15-13(16)7-5-6-8-14/h10-12H,5-9,14H2,1-4H3,(H,15,16). The van der Waals surface area contributed by atoms with Gasteiger partial charge in [-0.15, -0.1) is 0 Å². The Hall–Kier alpha value is -0.570. The molecular weight excluding hydrogens is 200 g/mol. The van der Waals surface area contributed by atoms with E-state index in [9.17, 15) is 4.79 Å². The Labute approximate surface area is 100 Å². The third-order valence-corrected chi connectivity index (χ3v) is 3.11. The van der Waals surface area contributed by atoms with E-state index < -0.39 is 0 Å². The van der Waals surface area contributed by atoms with Crippen molar-refractivity contribution >= 4 is 5.91 Å². The molecule has 0 aromatic rings. The Morgan fingerprint density at radius 1 is 1.12 bits per heavy atom. The molecule has 0 fully saturated rings. The monoisotopic (exact) mass is 228 g/mol. The fraction of sp³-hybridized carbons (Fsp3) is 0.923. The minimum atomic E-state index is 0.166. The van der Waals surface area contributed by atoms with Crippen LogP contribution in [0.3, 0.4) is 0 Å². The van der Waals surface area contributed by atoms with Crippen LogP contribution < -0.4 is 11.1 Å². The van der Waals surface area contributed by atoms with Crippen molar-refractivity contribution in [3.63, 3.8) is 0 Å². The number of hydrogen-bond donors (Lipinski definition) is 2. The van der Waals surface area contributed by atoms with Crippen LogP contribution in [0.5, 0.6) is 0 Å². The second-order valence-electron chi connectivity index (χ2n) is 5.20. The molecule has 0 saturated heterocycles. The summed E-state index contributed by atoms with van der Waals surface area (Å²) < 4.78 is 0. The van der Waals surface area contributed by atoms with E-state index in [-0.39, 0.29) is 5.91 Å². The van der Waals surface area contributed by atoms with Gasteiger partial charge in [-0.05, 0) is 37.1 Å². The molecule has 3 heteroatoms. The van der Waals surface area contributed by atoms with Gasteiger partial charge in [0.15, 0.2) is 0 Å². The Balaban J connectivity index is 3.79. The van der Waals surface area contributed by atoms with E-state index in [4.69, 9.17) is 5.73 Å². The first kappa shape index (κ1) is 15.4. The molecule has 0 aromatic carbocycles. The van der Waals surface area contributed by atoms with Gasteiger partial charge in [0.05, 0.1) is 0 Å². The number of carbonyl (C=O) groups is 1. The highest BCUT2D eigenvalue weighted by molar-refractivity contribution is 5.75. The van der Waals surface area contributed by atoms with Crippen molar-refractivity contribution in [3.05, 3.63) is 0 Å². The molecule has 96 valence electrons. The summed E-state index contributed by atoms with van der Waals surface area (Å²) >= 11 is 0. The highest BCUT2D eigenvalue weighted by Gasteiger charge is 2.17. The molecule has 0 saturated carbocycles. The van der Waals surface area contributed by atoms with Crippen LogP contribution in [0.1, 0.15) is 47.0 Å². The van der Waals surface area contributed by atoms with Crippen molar-refractivity contribution in [3.8, 4) is 0 Å². The molecule has 0 aliphatic carbocycles. The summed E-state index contributed by atoms with van der Waals surface area (Å²) in [6.45, 7) is 10.3. The number of rotatable bonds is 8. The molecule has 0 aliphatic rings. The number of carbonyl (C=O) groups excluding carboxylic acids is 1. The van der Waals surface area contributed by atoms with E-state index in [0.29, 0.717) is 30.7 Å². The molecule has 3 nitrogen and oxygen atoms in total. The SMILES string of the molecule is CC(C)C(CNC(=O)CCCCN)C(C)C. The smallest absolute Gasteiger partial charge is 0.220 e. The molecule has 16 heavy (non-hydrogen) atoms. The van der Waals surface area contributed by atoms with Crippen molar-refractivity contribution in [2.45, 2.75) is 47.0 Å². The van der Waals surface area contributed by atoms with Crippen LogP contribution >= 0.6 is 0 Å². The quantitative estimate of drug-likeness (QED) is 0.626. The van der Waals surface area contributed by atoms with E-state index in [1.54, 1.807) is 0 Å². The van der Waals surface area contributed by atoms with Crippen LogP contribution in [0.2, 0.25) is 0 Å². The summed E-state index contributed by atoms with van der Waals surface area (Å²) in [5.41, 5.74) is 5.38. The van der Waals surface area contributed by atoms with Gasteiger partial charge in [-0.1, -0.05) is 27.7 Å². The van der Waals surface area contributed by atoms with Crippen LogP contribution in [-0.2, 0) is 4.79 Å². The minimum Gasteiger partial charge on any atom is -0.356 e. The molecule has 0 aromatic heterocycles. The maximum atomic E-state index is 11.5. The zero-order valence-electron chi connectivity index (χ0n) is 11.3. The zero-order chi connectivity index (χ0) is 12.6. The Morgan fingerprint density at radius 3 is 2.12 bits per heavy atom. The third-order valence-electron chi connectivity index (χ3n) is 3.11. The summed E-state index contributed by atoms with van der Waals surface area (Å²) in [6.07, 6.45) is 2.45. The van der Waals surface area contributed by atoms with Gasteiger partial charge in [-0.3, -0.25) is 4.79 Å². The van der Waals surface area contributed by atoms with E-state index >= 15 is 0 Å². The van der Waals surface area contributed by atoms with Gasteiger partial charge in [0, 0.05) is 13.0 Å². The second-order valence-corrected chi connectivity index (χ2v) is 5.20. The van der Waals surface area contributed by atoms with Crippen molar-refractivity contribution < 1.29 is 4.79 Å². The minimum absolute atomic E-state index is 0.166. The molecule has 0 atom stereocenters. The van der Waals surface area contributed by atoms with Gasteiger partial charge >= 0.3 is 0 Å². The lowest BCUT2D eigenvalue weighted by atomic mass is 9.85.